The highest BCUT2D eigenvalue weighted by molar-refractivity contribution is 9.10. The van der Waals surface area contributed by atoms with Gasteiger partial charge in [-0.3, -0.25) is 0 Å². The van der Waals surface area contributed by atoms with Crippen LogP contribution in [0, 0.1) is 0 Å². The Kier molecular flexibility index (Phi) is 5.40. The lowest BCUT2D eigenvalue weighted by Crippen LogP contribution is -2.06. The monoisotopic (exact) mass is 346 g/mol. The number of hydrogen-bond donors (Lipinski definition) is 1. The maximum absolute atomic E-state index is 4.46. The van der Waals surface area contributed by atoms with Crippen LogP contribution >= 0.6 is 15.9 Å². The summed E-state index contributed by atoms with van der Waals surface area (Å²) in [6.45, 7) is 9.68. The van der Waals surface area contributed by atoms with Crippen molar-refractivity contribution in [3.63, 3.8) is 0 Å². The Balaban J connectivity index is 2.19. The largest absolute Gasteiger partial charge is 0.379 e. The van der Waals surface area contributed by atoms with Crippen molar-refractivity contribution < 1.29 is 0 Å². The summed E-state index contributed by atoms with van der Waals surface area (Å²) in [6.07, 6.45) is 0. The van der Waals surface area contributed by atoms with E-state index in [2.05, 4.69) is 72.1 Å². The third kappa shape index (κ3) is 4.31. The Morgan fingerprint density at radius 2 is 1.81 bits per heavy atom. The van der Waals surface area contributed by atoms with Crippen molar-refractivity contribution in [3.8, 4) is 0 Å². The lowest BCUT2D eigenvalue weighted by Gasteiger charge is -2.17. The van der Waals surface area contributed by atoms with Crippen LogP contribution in [-0.2, 0) is 6.54 Å². The van der Waals surface area contributed by atoms with E-state index in [1.54, 1.807) is 0 Å². The average molecular weight is 347 g/mol. The molecular weight excluding hydrogens is 324 g/mol. The van der Waals surface area contributed by atoms with E-state index in [1.165, 1.54) is 16.8 Å². The molecule has 1 aromatic carbocycles. The van der Waals surface area contributed by atoms with Gasteiger partial charge in [-0.1, -0.05) is 45.9 Å². The maximum Gasteiger partial charge on any atom is 0.106 e. The minimum atomic E-state index is 0.502. The Bertz CT molecular complexity index is 606. The van der Waals surface area contributed by atoms with Crippen molar-refractivity contribution in [2.75, 3.05) is 5.32 Å². The van der Waals surface area contributed by atoms with Gasteiger partial charge in [0.25, 0.3) is 0 Å². The molecule has 0 saturated heterocycles. The van der Waals surface area contributed by atoms with Crippen LogP contribution in [0.3, 0.4) is 0 Å². The van der Waals surface area contributed by atoms with Crippen LogP contribution in [0.4, 0.5) is 5.69 Å². The van der Waals surface area contributed by atoms with Gasteiger partial charge < -0.3 is 5.32 Å². The molecule has 1 aromatic heterocycles. The van der Waals surface area contributed by atoms with Crippen LogP contribution in [0.25, 0.3) is 0 Å². The fraction of sp³-hybridized carbons (Fsp3) is 0.389. The second kappa shape index (κ2) is 7.08. The van der Waals surface area contributed by atoms with E-state index < -0.39 is 0 Å². The first kappa shape index (κ1) is 16.0. The zero-order valence-corrected chi connectivity index (χ0v) is 14.7. The second-order valence-corrected chi connectivity index (χ2v) is 6.77. The molecule has 2 rings (SSSR count). The Morgan fingerprint density at radius 3 is 2.43 bits per heavy atom. The summed E-state index contributed by atoms with van der Waals surface area (Å²) in [5.74, 6) is 1.06. The van der Waals surface area contributed by atoms with Gasteiger partial charge in [0.1, 0.15) is 4.60 Å². The van der Waals surface area contributed by atoms with Crippen molar-refractivity contribution in [2.24, 2.45) is 0 Å². The van der Waals surface area contributed by atoms with E-state index >= 15 is 0 Å². The van der Waals surface area contributed by atoms with Crippen LogP contribution in [0.15, 0.2) is 41.0 Å². The Labute approximate surface area is 136 Å². The third-order valence-corrected chi connectivity index (χ3v) is 4.04. The molecule has 0 aliphatic carbocycles. The summed E-state index contributed by atoms with van der Waals surface area (Å²) in [5, 5.41) is 3.52. The average Bonchev–Trinajstić information content (AvgIpc) is 2.44. The molecule has 0 spiro atoms. The minimum absolute atomic E-state index is 0.502. The fourth-order valence-corrected chi connectivity index (χ4v) is 2.69. The SMILES string of the molecule is CC(C)c1ccc(NCc2cccc(Br)n2)c(C(C)C)c1. The van der Waals surface area contributed by atoms with E-state index in [0.29, 0.717) is 11.8 Å². The van der Waals surface area contributed by atoms with Gasteiger partial charge in [-0.05, 0) is 57.1 Å². The first-order valence-electron chi connectivity index (χ1n) is 7.46. The molecule has 3 heteroatoms. The zero-order valence-electron chi connectivity index (χ0n) is 13.2. The topological polar surface area (TPSA) is 24.9 Å². The van der Waals surface area contributed by atoms with E-state index in [0.717, 1.165) is 16.8 Å². The molecule has 0 radical (unpaired) electrons. The summed E-state index contributed by atoms with van der Waals surface area (Å²) in [5.41, 5.74) is 5.00. The molecule has 0 saturated carbocycles. The summed E-state index contributed by atoms with van der Waals surface area (Å²) < 4.78 is 0.876. The Morgan fingerprint density at radius 1 is 1.05 bits per heavy atom. The van der Waals surface area contributed by atoms with Gasteiger partial charge in [0.15, 0.2) is 0 Å². The predicted molar refractivity (Wildman–Crippen MR) is 93.9 cm³/mol. The zero-order chi connectivity index (χ0) is 15.4. The van der Waals surface area contributed by atoms with Crippen LogP contribution in [0.1, 0.15) is 56.4 Å². The fourth-order valence-electron chi connectivity index (χ4n) is 2.31. The van der Waals surface area contributed by atoms with Crippen LogP contribution in [-0.4, -0.2) is 4.98 Å². The second-order valence-electron chi connectivity index (χ2n) is 5.96. The minimum Gasteiger partial charge on any atom is -0.379 e. The number of nitrogens with one attached hydrogen (secondary N) is 1. The first-order chi connectivity index (χ1) is 9.97. The quantitative estimate of drug-likeness (QED) is 0.702. The standard InChI is InChI=1S/C18H23BrN2/c1-12(2)14-8-9-17(16(10-14)13(3)4)20-11-15-6-5-7-18(19)21-15/h5-10,12-13,20H,11H2,1-4H3. The van der Waals surface area contributed by atoms with Gasteiger partial charge in [-0.15, -0.1) is 0 Å². The number of halogens is 1. The summed E-state index contributed by atoms with van der Waals surface area (Å²) in [6, 6.07) is 12.7. The molecule has 0 amide bonds. The van der Waals surface area contributed by atoms with E-state index in [-0.39, 0.29) is 0 Å². The number of benzene rings is 1. The van der Waals surface area contributed by atoms with Crippen LogP contribution in [0.2, 0.25) is 0 Å². The lowest BCUT2D eigenvalue weighted by molar-refractivity contribution is 0.833. The lowest BCUT2D eigenvalue weighted by atomic mass is 9.94. The molecule has 0 atom stereocenters. The third-order valence-electron chi connectivity index (χ3n) is 3.60. The number of nitrogens with zero attached hydrogens (tertiary/aromatic N) is 1. The van der Waals surface area contributed by atoms with Crippen LogP contribution in [0.5, 0.6) is 0 Å². The molecule has 0 aliphatic heterocycles. The predicted octanol–water partition coefficient (Wildman–Crippen LogP) is 5.70. The van der Waals surface area contributed by atoms with Gasteiger partial charge >= 0.3 is 0 Å². The first-order valence-corrected chi connectivity index (χ1v) is 8.26. The van der Waals surface area contributed by atoms with Gasteiger partial charge in [-0.2, -0.15) is 0 Å². The number of aromatic nitrogens is 1. The normalized spacial score (nSPS) is 11.2. The molecule has 0 fully saturated rings. The highest BCUT2D eigenvalue weighted by Crippen LogP contribution is 2.28. The highest BCUT2D eigenvalue weighted by atomic mass is 79.9. The summed E-state index contributed by atoms with van der Waals surface area (Å²) in [4.78, 5) is 4.46. The number of pyridine rings is 1. The maximum atomic E-state index is 4.46. The van der Waals surface area contributed by atoms with Crippen molar-refractivity contribution in [1.29, 1.82) is 0 Å². The molecule has 1 heterocycles. The van der Waals surface area contributed by atoms with Gasteiger partial charge in [0.05, 0.1) is 12.2 Å². The Hall–Kier alpha value is -1.35. The van der Waals surface area contributed by atoms with Gasteiger partial charge in [-0.25, -0.2) is 4.98 Å². The van der Waals surface area contributed by atoms with E-state index in [4.69, 9.17) is 0 Å². The molecule has 0 aliphatic rings. The molecular formula is C18H23BrN2. The molecule has 2 nitrogen and oxygen atoms in total. The molecule has 0 unspecified atom stereocenters. The van der Waals surface area contributed by atoms with Gasteiger partial charge in [0.2, 0.25) is 0 Å². The smallest absolute Gasteiger partial charge is 0.106 e. The highest BCUT2D eigenvalue weighted by Gasteiger charge is 2.09. The number of anilines is 1. The van der Waals surface area contributed by atoms with Gasteiger partial charge in [0, 0.05) is 5.69 Å². The van der Waals surface area contributed by atoms with Crippen molar-refractivity contribution in [1.82, 2.24) is 4.98 Å². The number of rotatable bonds is 5. The molecule has 1 N–H and O–H groups in total. The van der Waals surface area contributed by atoms with Crippen LogP contribution < -0.4 is 5.32 Å². The molecule has 21 heavy (non-hydrogen) atoms. The van der Waals surface area contributed by atoms with Crippen molar-refractivity contribution in [2.45, 2.75) is 46.1 Å². The molecule has 112 valence electrons. The summed E-state index contributed by atoms with van der Waals surface area (Å²) >= 11 is 3.41. The number of hydrogen-bond acceptors (Lipinski definition) is 2. The molecule has 0 bridgehead atoms. The van der Waals surface area contributed by atoms with Crippen molar-refractivity contribution in [3.05, 3.63) is 57.8 Å². The summed E-state index contributed by atoms with van der Waals surface area (Å²) in [7, 11) is 0. The van der Waals surface area contributed by atoms with E-state index in [9.17, 15) is 0 Å². The molecule has 2 aromatic rings. The van der Waals surface area contributed by atoms with E-state index in [1.807, 2.05) is 18.2 Å². The van der Waals surface area contributed by atoms with Crippen molar-refractivity contribution >= 4 is 21.6 Å².